The van der Waals surface area contributed by atoms with Gasteiger partial charge in [-0.15, -0.1) is 10.2 Å². The van der Waals surface area contributed by atoms with Crippen LogP contribution in [-0.2, 0) is 12.3 Å². The lowest BCUT2D eigenvalue weighted by atomic mass is 10.2. The van der Waals surface area contributed by atoms with Crippen LogP contribution >= 0.6 is 35.0 Å². The third kappa shape index (κ3) is 3.68. The highest BCUT2D eigenvalue weighted by Gasteiger charge is 2.13. The molecule has 3 aromatic rings. The van der Waals surface area contributed by atoms with E-state index >= 15 is 0 Å². The lowest BCUT2D eigenvalue weighted by molar-refractivity contribution is 0.687. The Morgan fingerprint density at radius 3 is 2.57 bits per heavy atom. The van der Waals surface area contributed by atoms with E-state index in [1.165, 1.54) is 0 Å². The zero-order chi connectivity index (χ0) is 16.2. The summed E-state index contributed by atoms with van der Waals surface area (Å²) in [5.41, 5.74) is 2.03. The molecule has 118 valence electrons. The summed E-state index contributed by atoms with van der Waals surface area (Å²) in [5, 5.41) is 10.8. The highest BCUT2D eigenvalue weighted by Crippen LogP contribution is 2.29. The molecule has 0 fully saturated rings. The number of hydrogen-bond donors (Lipinski definition) is 0. The van der Waals surface area contributed by atoms with E-state index < -0.39 is 0 Å². The van der Waals surface area contributed by atoms with Crippen LogP contribution in [0.15, 0.2) is 47.9 Å². The molecule has 0 saturated carbocycles. The van der Waals surface area contributed by atoms with Crippen molar-refractivity contribution in [3.05, 3.63) is 58.3 Å². The highest BCUT2D eigenvalue weighted by atomic mass is 35.5. The zero-order valence-corrected chi connectivity index (χ0v) is 14.7. The van der Waals surface area contributed by atoms with Gasteiger partial charge in [0.2, 0.25) is 0 Å². The highest BCUT2D eigenvalue weighted by molar-refractivity contribution is 7.98. The monoisotopic (exact) mass is 364 g/mol. The van der Waals surface area contributed by atoms with Crippen molar-refractivity contribution in [3.8, 4) is 11.4 Å². The normalized spacial score (nSPS) is 10.9. The van der Waals surface area contributed by atoms with Crippen LogP contribution in [0.4, 0.5) is 0 Å². The summed E-state index contributed by atoms with van der Waals surface area (Å²) in [6.07, 6.45) is 3.51. The summed E-state index contributed by atoms with van der Waals surface area (Å²) >= 11 is 13.8. The van der Waals surface area contributed by atoms with Crippen molar-refractivity contribution in [3.63, 3.8) is 0 Å². The molecule has 0 saturated heterocycles. The summed E-state index contributed by atoms with van der Waals surface area (Å²) in [6, 6.07) is 9.40. The van der Waals surface area contributed by atoms with Crippen LogP contribution in [0.1, 0.15) is 12.5 Å². The van der Waals surface area contributed by atoms with Crippen molar-refractivity contribution >= 4 is 35.0 Å². The molecule has 0 amide bonds. The van der Waals surface area contributed by atoms with Crippen LogP contribution < -0.4 is 0 Å². The van der Waals surface area contributed by atoms with Gasteiger partial charge in [0.05, 0.1) is 0 Å². The predicted molar refractivity (Wildman–Crippen MR) is 95.0 cm³/mol. The van der Waals surface area contributed by atoms with E-state index in [1.54, 1.807) is 30.2 Å². The van der Waals surface area contributed by atoms with Crippen molar-refractivity contribution in [2.45, 2.75) is 24.4 Å². The fraction of sp³-hybridized carbons (Fsp3) is 0.188. The summed E-state index contributed by atoms with van der Waals surface area (Å²) < 4.78 is 2.09. The average molecular weight is 365 g/mol. The molecule has 0 N–H and O–H groups in total. The quantitative estimate of drug-likeness (QED) is 0.600. The first kappa shape index (κ1) is 16.3. The Bertz CT molecular complexity index is 805. The molecule has 0 aliphatic carbocycles. The lowest BCUT2D eigenvalue weighted by Crippen LogP contribution is -2.00. The Balaban J connectivity index is 1.82. The Kier molecular flexibility index (Phi) is 5.20. The van der Waals surface area contributed by atoms with Crippen molar-refractivity contribution in [2.24, 2.45) is 0 Å². The van der Waals surface area contributed by atoms with Gasteiger partial charge < -0.3 is 4.57 Å². The second-order valence-electron chi connectivity index (χ2n) is 4.81. The molecule has 3 rings (SSSR count). The van der Waals surface area contributed by atoms with E-state index in [-0.39, 0.29) is 0 Å². The van der Waals surface area contributed by atoms with Crippen molar-refractivity contribution in [1.29, 1.82) is 0 Å². The summed E-state index contributed by atoms with van der Waals surface area (Å²) in [6.45, 7) is 2.87. The second-order valence-corrected chi connectivity index (χ2v) is 6.60. The fourth-order valence-electron chi connectivity index (χ4n) is 2.18. The van der Waals surface area contributed by atoms with Gasteiger partial charge in [-0.3, -0.25) is 4.98 Å². The third-order valence-corrected chi connectivity index (χ3v) is 4.95. The minimum absolute atomic E-state index is 0.639. The number of aromatic nitrogens is 4. The maximum Gasteiger partial charge on any atom is 0.191 e. The number of halogens is 2. The number of benzene rings is 1. The summed E-state index contributed by atoms with van der Waals surface area (Å²) in [4.78, 5) is 4.04. The van der Waals surface area contributed by atoms with Crippen molar-refractivity contribution < 1.29 is 0 Å². The fourth-order valence-corrected chi connectivity index (χ4v) is 3.74. The Morgan fingerprint density at radius 1 is 1.09 bits per heavy atom. The molecular weight excluding hydrogens is 351 g/mol. The molecule has 1 aromatic carbocycles. The summed E-state index contributed by atoms with van der Waals surface area (Å²) in [7, 11) is 0. The molecule has 0 aliphatic heterocycles. The van der Waals surface area contributed by atoms with E-state index in [4.69, 9.17) is 23.2 Å². The van der Waals surface area contributed by atoms with Crippen LogP contribution in [0.5, 0.6) is 0 Å². The number of pyridine rings is 1. The molecule has 0 spiro atoms. The topological polar surface area (TPSA) is 43.6 Å². The van der Waals surface area contributed by atoms with Crippen LogP contribution in [0.3, 0.4) is 0 Å². The van der Waals surface area contributed by atoms with Gasteiger partial charge in [-0.1, -0.05) is 41.0 Å². The van der Waals surface area contributed by atoms with Gasteiger partial charge in [0.25, 0.3) is 0 Å². The first-order valence-corrected chi connectivity index (χ1v) is 8.83. The molecule has 0 atom stereocenters. The third-order valence-electron chi connectivity index (χ3n) is 3.34. The molecule has 23 heavy (non-hydrogen) atoms. The van der Waals surface area contributed by atoms with Crippen LogP contribution in [0.2, 0.25) is 10.0 Å². The van der Waals surface area contributed by atoms with E-state index in [0.29, 0.717) is 15.8 Å². The predicted octanol–water partition coefficient (Wildman–Crippen LogP) is 4.96. The molecule has 0 bridgehead atoms. The molecule has 0 aliphatic rings. The van der Waals surface area contributed by atoms with E-state index in [2.05, 4.69) is 26.7 Å². The molecule has 7 heteroatoms. The van der Waals surface area contributed by atoms with E-state index in [0.717, 1.165) is 28.7 Å². The molecule has 4 nitrogen and oxygen atoms in total. The van der Waals surface area contributed by atoms with Crippen LogP contribution in [0, 0.1) is 0 Å². The van der Waals surface area contributed by atoms with Crippen molar-refractivity contribution in [2.75, 3.05) is 0 Å². The Labute approximate surface area is 148 Å². The smallest absolute Gasteiger partial charge is 0.191 e. The van der Waals surface area contributed by atoms with Gasteiger partial charge in [-0.25, -0.2) is 0 Å². The zero-order valence-electron chi connectivity index (χ0n) is 12.4. The molecule has 2 heterocycles. The lowest BCUT2D eigenvalue weighted by Gasteiger charge is -2.08. The molecular formula is C16H14Cl2N4S. The van der Waals surface area contributed by atoms with E-state index in [9.17, 15) is 0 Å². The van der Waals surface area contributed by atoms with E-state index in [1.807, 2.05) is 24.3 Å². The largest absolute Gasteiger partial charge is 0.302 e. The van der Waals surface area contributed by atoms with Gasteiger partial charge in [0.15, 0.2) is 11.0 Å². The molecule has 0 radical (unpaired) electrons. The molecule has 0 unspecified atom stereocenters. The number of nitrogens with zero attached hydrogens (tertiary/aromatic N) is 4. The first-order valence-electron chi connectivity index (χ1n) is 7.09. The van der Waals surface area contributed by atoms with Crippen molar-refractivity contribution in [1.82, 2.24) is 19.7 Å². The van der Waals surface area contributed by atoms with Gasteiger partial charge >= 0.3 is 0 Å². The summed E-state index contributed by atoms with van der Waals surface area (Å²) in [5.74, 6) is 1.56. The SMILES string of the molecule is CCn1c(SCc2ccc(Cl)cc2Cl)nnc1-c1ccncc1. The average Bonchev–Trinajstić information content (AvgIpc) is 2.98. The Morgan fingerprint density at radius 2 is 1.87 bits per heavy atom. The Hall–Kier alpha value is -1.56. The van der Waals surface area contributed by atoms with Crippen LogP contribution in [0.25, 0.3) is 11.4 Å². The number of thioether (sulfide) groups is 1. The second kappa shape index (κ2) is 7.34. The maximum atomic E-state index is 6.22. The standard InChI is InChI=1S/C16H14Cl2N4S/c1-2-22-15(11-5-7-19-8-6-11)20-21-16(22)23-10-12-3-4-13(17)9-14(12)18/h3-9H,2,10H2,1H3. The van der Waals surface area contributed by atoms with Gasteiger partial charge in [-0.2, -0.15) is 0 Å². The minimum Gasteiger partial charge on any atom is -0.302 e. The van der Waals surface area contributed by atoms with Gasteiger partial charge in [-0.05, 0) is 36.8 Å². The minimum atomic E-state index is 0.639. The van der Waals surface area contributed by atoms with Gasteiger partial charge in [0.1, 0.15) is 0 Å². The maximum absolute atomic E-state index is 6.22. The first-order chi connectivity index (χ1) is 11.2. The van der Waals surface area contributed by atoms with Gasteiger partial charge in [0, 0.05) is 40.3 Å². The number of rotatable bonds is 5. The van der Waals surface area contributed by atoms with Crippen LogP contribution in [-0.4, -0.2) is 19.7 Å². The molecule has 2 aromatic heterocycles. The number of hydrogen-bond acceptors (Lipinski definition) is 4.